The van der Waals surface area contributed by atoms with Gasteiger partial charge in [-0.2, -0.15) is 0 Å². The SMILES string of the molecule is CC(C)Oc1ccc(NC(=S)NC(=O)c2cccc(OCCc3ccccc3)c2)cc1. The number of carbonyl (C=O) groups is 1. The summed E-state index contributed by atoms with van der Waals surface area (Å²) in [5.41, 5.74) is 2.44. The first kappa shape index (κ1) is 22.3. The van der Waals surface area contributed by atoms with Crippen LogP contribution in [0.25, 0.3) is 0 Å². The number of thiocarbonyl (C=S) groups is 1. The minimum atomic E-state index is -0.300. The number of amides is 1. The molecule has 3 rings (SSSR count). The molecule has 0 aromatic heterocycles. The van der Waals surface area contributed by atoms with Crippen molar-refractivity contribution in [3.8, 4) is 11.5 Å². The van der Waals surface area contributed by atoms with Gasteiger partial charge in [0.2, 0.25) is 0 Å². The Hall–Kier alpha value is -3.38. The van der Waals surface area contributed by atoms with Gasteiger partial charge in [0.1, 0.15) is 11.5 Å². The predicted molar refractivity (Wildman–Crippen MR) is 128 cm³/mol. The fraction of sp³-hybridized carbons (Fsp3) is 0.200. The molecule has 0 atom stereocenters. The molecule has 0 radical (unpaired) electrons. The van der Waals surface area contributed by atoms with Gasteiger partial charge in [-0.1, -0.05) is 36.4 Å². The molecule has 3 aromatic rings. The van der Waals surface area contributed by atoms with Crippen molar-refractivity contribution in [2.45, 2.75) is 26.4 Å². The molecule has 6 heteroatoms. The molecule has 5 nitrogen and oxygen atoms in total. The number of carbonyl (C=O) groups excluding carboxylic acids is 1. The number of hydrogen-bond acceptors (Lipinski definition) is 4. The van der Waals surface area contributed by atoms with Gasteiger partial charge in [0, 0.05) is 17.7 Å². The Morgan fingerprint density at radius 3 is 2.39 bits per heavy atom. The summed E-state index contributed by atoms with van der Waals surface area (Å²) in [6.07, 6.45) is 0.906. The first-order valence-corrected chi connectivity index (χ1v) is 10.6. The smallest absolute Gasteiger partial charge is 0.257 e. The Labute approximate surface area is 188 Å². The zero-order chi connectivity index (χ0) is 22.1. The van der Waals surface area contributed by atoms with E-state index in [0.717, 1.165) is 17.9 Å². The summed E-state index contributed by atoms with van der Waals surface area (Å²) in [6.45, 7) is 4.48. The van der Waals surface area contributed by atoms with E-state index >= 15 is 0 Å². The maximum atomic E-state index is 12.6. The molecule has 160 valence electrons. The van der Waals surface area contributed by atoms with Crippen LogP contribution in [0.5, 0.6) is 11.5 Å². The van der Waals surface area contributed by atoms with Gasteiger partial charge in [-0.15, -0.1) is 0 Å². The lowest BCUT2D eigenvalue weighted by Gasteiger charge is -2.12. The van der Waals surface area contributed by atoms with Crippen LogP contribution in [0, 0.1) is 0 Å². The molecule has 0 aliphatic heterocycles. The van der Waals surface area contributed by atoms with E-state index in [1.807, 2.05) is 62.4 Å². The largest absolute Gasteiger partial charge is 0.493 e. The van der Waals surface area contributed by atoms with Crippen LogP contribution in [0.1, 0.15) is 29.8 Å². The molecule has 3 aromatic carbocycles. The third-order valence-corrected chi connectivity index (χ3v) is 4.51. The Morgan fingerprint density at radius 2 is 1.68 bits per heavy atom. The van der Waals surface area contributed by atoms with E-state index in [0.29, 0.717) is 17.9 Å². The Kier molecular flexibility index (Phi) is 8.01. The summed E-state index contributed by atoms with van der Waals surface area (Å²) in [6, 6.07) is 24.6. The highest BCUT2D eigenvalue weighted by Crippen LogP contribution is 2.17. The molecule has 0 unspecified atom stereocenters. The second kappa shape index (κ2) is 11.1. The average Bonchev–Trinajstić information content (AvgIpc) is 2.76. The van der Waals surface area contributed by atoms with E-state index < -0.39 is 0 Å². The zero-order valence-electron chi connectivity index (χ0n) is 17.6. The number of hydrogen-bond donors (Lipinski definition) is 2. The molecular formula is C25H26N2O3S. The minimum Gasteiger partial charge on any atom is -0.493 e. The van der Waals surface area contributed by atoms with Crippen LogP contribution in [-0.4, -0.2) is 23.7 Å². The van der Waals surface area contributed by atoms with Gasteiger partial charge in [0.15, 0.2) is 5.11 Å². The molecular weight excluding hydrogens is 408 g/mol. The Bertz CT molecular complexity index is 1000. The van der Waals surface area contributed by atoms with Crippen molar-refractivity contribution in [3.63, 3.8) is 0 Å². The lowest BCUT2D eigenvalue weighted by atomic mass is 10.2. The quantitative estimate of drug-likeness (QED) is 0.476. The summed E-state index contributed by atoms with van der Waals surface area (Å²) in [5, 5.41) is 5.92. The van der Waals surface area contributed by atoms with Gasteiger partial charge in [-0.25, -0.2) is 0 Å². The van der Waals surface area contributed by atoms with Gasteiger partial charge in [0.25, 0.3) is 5.91 Å². The topological polar surface area (TPSA) is 59.6 Å². The number of nitrogens with one attached hydrogen (secondary N) is 2. The Morgan fingerprint density at radius 1 is 0.935 bits per heavy atom. The second-order valence-electron chi connectivity index (χ2n) is 7.21. The molecule has 0 spiro atoms. The van der Waals surface area contributed by atoms with Crippen LogP contribution in [0.3, 0.4) is 0 Å². The first-order chi connectivity index (χ1) is 15.0. The van der Waals surface area contributed by atoms with E-state index in [1.165, 1.54) is 5.56 Å². The van der Waals surface area contributed by atoms with E-state index in [1.54, 1.807) is 18.2 Å². The summed E-state index contributed by atoms with van der Waals surface area (Å²) in [7, 11) is 0. The fourth-order valence-electron chi connectivity index (χ4n) is 2.89. The van der Waals surface area contributed by atoms with Crippen molar-refractivity contribution in [2.24, 2.45) is 0 Å². The third-order valence-electron chi connectivity index (χ3n) is 4.31. The first-order valence-electron chi connectivity index (χ1n) is 10.2. The molecule has 0 aliphatic rings. The van der Waals surface area contributed by atoms with Crippen LogP contribution in [0.15, 0.2) is 78.9 Å². The van der Waals surface area contributed by atoms with E-state index in [9.17, 15) is 4.79 Å². The van der Waals surface area contributed by atoms with E-state index in [-0.39, 0.29) is 17.1 Å². The molecule has 0 bridgehead atoms. The molecule has 2 N–H and O–H groups in total. The molecule has 0 saturated carbocycles. The number of ether oxygens (including phenoxy) is 2. The summed E-state index contributed by atoms with van der Waals surface area (Å²) in [5.74, 6) is 1.12. The highest BCUT2D eigenvalue weighted by molar-refractivity contribution is 7.80. The summed E-state index contributed by atoms with van der Waals surface area (Å²) >= 11 is 5.27. The van der Waals surface area contributed by atoms with Crippen LogP contribution in [-0.2, 0) is 6.42 Å². The van der Waals surface area contributed by atoms with E-state index in [4.69, 9.17) is 21.7 Å². The molecule has 0 aliphatic carbocycles. The molecule has 0 fully saturated rings. The lowest BCUT2D eigenvalue weighted by molar-refractivity contribution is 0.0977. The van der Waals surface area contributed by atoms with Crippen molar-refractivity contribution >= 4 is 28.9 Å². The molecule has 1 amide bonds. The van der Waals surface area contributed by atoms with Crippen molar-refractivity contribution in [3.05, 3.63) is 90.0 Å². The van der Waals surface area contributed by atoms with Crippen molar-refractivity contribution in [2.75, 3.05) is 11.9 Å². The summed E-state index contributed by atoms with van der Waals surface area (Å²) in [4.78, 5) is 12.6. The second-order valence-corrected chi connectivity index (χ2v) is 7.62. The molecule has 0 saturated heterocycles. The van der Waals surface area contributed by atoms with Gasteiger partial charge < -0.3 is 14.8 Å². The van der Waals surface area contributed by atoms with Crippen molar-refractivity contribution in [1.82, 2.24) is 5.32 Å². The minimum absolute atomic E-state index is 0.109. The molecule has 31 heavy (non-hydrogen) atoms. The van der Waals surface area contributed by atoms with Gasteiger partial charge in [0.05, 0.1) is 12.7 Å². The number of rotatable bonds is 8. The lowest BCUT2D eigenvalue weighted by Crippen LogP contribution is -2.34. The van der Waals surface area contributed by atoms with Gasteiger partial charge >= 0.3 is 0 Å². The van der Waals surface area contributed by atoms with Crippen LogP contribution in [0.4, 0.5) is 5.69 Å². The van der Waals surface area contributed by atoms with Crippen molar-refractivity contribution < 1.29 is 14.3 Å². The van der Waals surface area contributed by atoms with Crippen LogP contribution < -0.4 is 20.1 Å². The normalized spacial score (nSPS) is 10.4. The van der Waals surface area contributed by atoms with Crippen LogP contribution in [0.2, 0.25) is 0 Å². The number of benzene rings is 3. The van der Waals surface area contributed by atoms with Crippen LogP contribution >= 0.6 is 12.2 Å². The maximum Gasteiger partial charge on any atom is 0.257 e. The monoisotopic (exact) mass is 434 g/mol. The molecule has 0 heterocycles. The summed E-state index contributed by atoms with van der Waals surface area (Å²) < 4.78 is 11.4. The van der Waals surface area contributed by atoms with Crippen molar-refractivity contribution in [1.29, 1.82) is 0 Å². The third kappa shape index (κ3) is 7.42. The fourth-order valence-corrected chi connectivity index (χ4v) is 3.10. The maximum absolute atomic E-state index is 12.6. The zero-order valence-corrected chi connectivity index (χ0v) is 18.4. The average molecular weight is 435 g/mol. The highest BCUT2D eigenvalue weighted by Gasteiger charge is 2.09. The van der Waals surface area contributed by atoms with E-state index in [2.05, 4.69) is 22.8 Å². The standard InChI is InChI=1S/C25H26N2O3S/c1-18(2)30-22-13-11-21(12-14-22)26-25(31)27-24(28)20-9-6-10-23(17-20)29-16-15-19-7-4-3-5-8-19/h3-14,17-18H,15-16H2,1-2H3,(H2,26,27,28,31). The van der Waals surface area contributed by atoms with Gasteiger partial charge in [-0.05, 0) is 74.1 Å². The predicted octanol–water partition coefficient (Wildman–Crippen LogP) is 5.22. The Balaban J connectivity index is 1.50. The highest BCUT2D eigenvalue weighted by atomic mass is 32.1. The number of anilines is 1. The van der Waals surface area contributed by atoms with Gasteiger partial charge in [-0.3, -0.25) is 10.1 Å².